The summed E-state index contributed by atoms with van der Waals surface area (Å²) in [4.78, 5) is 10.8. The molecule has 5 nitrogen and oxygen atoms in total. The SMILES string of the molecule is N=C(N)NC(Cc1ccccc1)C(=O)O. The molecule has 0 aliphatic rings. The number of carboxylic acid groups (broad SMARTS) is 1. The zero-order chi connectivity index (χ0) is 11.3. The number of carboxylic acids is 1. The Labute approximate surface area is 87.4 Å². The second-order valence-corrected chi connectivity index (χ2v) is 3.14. The first-order valence-electron chi connectivity index (χ1n) is 4.47. The zero-order valence-electron chi connectivity index (χ0n) is 8.10. The summed E-state index contributed by atoms with van der Waals surface area (Å²) in [6.07, 6.45) is 0.301. The molecule has 0 aliphatic carbocycles. The van der Waals surface area contributed by atoms with Gasteiger partial charge in [-0.05, 0) is 5.56 Å². The molecule has 0 spiro atoms. The highest BCUT2D eigenvalue weighted by Crippen LogP contribution is 2.03. The van der Waals surface area contributed by atoms with Gasteiger partial charge in [0.15, 0.2) is 5.96 Å². The molecule has 0 aromatic heterocycles. The van der Waals surface area contributed by atoms with Crippen molar-refractivity contribution in [1.82, 2.24) is 5.32 Å². The molecular formula is C10H13N3O2. The summed E-state index contributed by atoms with van der Waals surface area (Å²) in [5.74, 6) is -1.35. The summed E-state index contributed by atoms with van der Waals surface area (Å²) in [5, 5.41) is 18.2. The summed E-state index contributed by atoms with van der Waals surface area (Å²) in [7, 11) is 0. The Morgan fingerprint density at radius 3 is 2.53 bits per heavy atom. The number of guanidine groups is 1. The summed E-state index contributed by atoms with van der Waals surface area (Å²) < 4.78 is 0. The van der Waals surface area contributed by atoms with Gasteiger partial charge < -0.3 is 16.2 Å². The van der Waals surface area contributed by atoms with E-state index in [0.717, 1.165) is 5.56 Å². The van der Waals surface area contributed by atoms with Crippen LogP contribution in [0.15, 0.2) is 30.3 Å². The Hall–Kier alpha value is -2.04. The molecule has 0 radical (unpaired) electrons. The number of rotatable bonds is 4. The van der Waals surface area contributed by atoms with Gasteiger partial charge in [-0.15, -0.1) is 0 Å². The highest BCUT2D eigenvalue weighted by Gasteiger charge is 2.17. The van der Waals surface area contributed by atoms with Gasteiger partial charge in [0.25, 0.3) is 0 Å². The Morgan fingerprint density at radius 2 is 2.07 bits per heavy atom. The van der Waals surface area contributed by atoms with Crippen molar-refractivity contribution in [2.45, 2.75) is 12.5 Å². The van der Waals surface area contributed by atoms with Crippen molar-refractivity contribution in [1.29, 1.82) is 5.41 Å². The molecule has 80 valence electrons. The topological polar surface area (TPSA) is 99.2 Å². The van der Waals surface area contributed by atoms with Crippen LogP contribution in [0.4, 0.5) is 0 Å². The molecule has 0 fully saturated rings. The number of nitrogens with two attached hydrogens (primary N) is 1. The molecule has 15 heavy (non-hydrogen) atoms. The summed E-state index contributed by atoms with van der Waals surface area (Å²) in [6, 6.07) is 8.34. The number of aliphatic carboxylic acids is 1. The van der Waals surface area contributed by atoms with Gasteiger partial charge in [-0.3, -0.25) is 5.41 Å². The third-order valence-corrected chi connectivity index (χ3v) is 1.91. The van der Waals surface area contributed by atoms with Crippen molar-refractivity contribution in [3.8, 4) is 0 Å². The Kier molecular flexibility index (Phi) is 3.68. The third-order valence-electron chi connectivity index (χ3n) is 1.91. The Balaban J connectivity index is 2.67. The lowest BCUT2D eigenvalue weighted by Crippen LogP contribution is -2.45. The quantitative estimate of drug-likeness (QED) is 0.417. The second kappa shape index (κ2) is 4.99. The highest BCUT2D eigenvalue weighted by molar-refractivity contribution is 5.82. The van der Waals surface area contributed by atoms with E-state index in [0.29, 0.717) is 6.42 Å². The van der Waals surface area contributed by atoms with E-state index in [4.69, 9.17) is 16.2 Å². The number of benzene rings is 1. The van der Waals surface area contributed by atoms with Gasteiger partial charge in [0.2, 0.25) is 0 Å². The monoisotopic (exact) mass is 207 g/mol. The standard InChI is InChI=1S/C10H13N3O2/c11-10(12)13-8(9(14)15)6-7-4-2-1-3-5-7/h1-5,8H,6H2,(H,14,15)(H4,11,12,13). The molecule has 0 saturated heterocycles. The van der Waals surface area contributed by atoms with Crippen LogP contribution < -0.4 is 11.1 Å². The summed E-state index contributed by atoms with van der Waals surface area (Å²) in [5.41, 5.74) is 5.98. The molecule has 0 saturated carbocycles. The first-order valence-corrected chi connectivity index (χ1v) is 4.47. The van der Waals surface area contributed by atoms with Gasteiger partial charge in [0.1, 0.15) is 6.04 Å². The van der Waals surface area contributed by atoms with Crippen LogP contribution >= 0.6 is 0 Å². The normalized spacial score (nSPS) is 11.7. The summed E-state index contributed by atoms with van der Waals surface area (Å²) in [6.45, 7) is 0. The van der Waals surface area contributed by atoms with E-state index in [1.807, 2.05) is 30.3 Å². The third kappa shape index (κ3) is 3.68. The minimum atomic E-state index is -1.02. The average Bonchev–Trinajstić information content (AvgIpc) is 2.17. The number of carbonyl (C=O) groups is 1. The van der Waals surface area contributed by atoms with Crippen LogP contribution in [0.2, 0.25) is 0 Å². The van der Waals surface area contributed by atoms with E-state index >= 15 is 0 Å². The van der Waals surface area contributed by atoms with Crippen LogP contribution in [-0.2, 0) is 11.2 Å². The summed E-state index contributed by atoms with van der Waals surface area (Å²) >= 11 is 0. The van der Waals surface area contributed by atoms with Gasteiger partial charge in [-0.1, -0.05) is 30.3 Å². The van der Waals surface area contributed by atoms with Gasteiger partial charge >= 0.3 is 5.97 Å². The number of nitrogens with one attached hydrogen (secondary N) is 2. The highest BCUT2D eigenvalue weighted by atomic mass is 16.4. The number of hydrogen-bond acceptors (Lipinski definition) is 2. The van der Waals surface area contributed by atoms with E-state index in [-0.39, 0.29) is 5.96 Å². The van der Waals surface area contributed by atoms with Crippen molar-refractivity contribution in [3.63, 3.8) is 0 Å². The van der Waals surface area contributed by atoms with Crippen molar-refractivity contribution in [3.05, 3.63) is 35.9 Å². The molecule has 0 amide bonds. The fourth-order valence-corrected chi connectivity index (χ4v) is 1.24. The lowest BCUT2D eigenvalue weighted by Gasteiger charge is -2.13. The number of hydrogen-bond donors (Lipinski definition) is 4. The maximum atomic E-state index is 10.8. The van der Waals surface area contributed by atoms with Gasteiger partial charge in [-0.25, -0.2) is 4.79 Å². The Morgan fingerprint density at radius 1 is 1.47 bits per heavy atom. The van der Waals surface area contributed by atoms with Gasteiger partial charge in [0, 0.05) is 6.42 Å². The fraction of sp³-hybridized carbons (Fsp3) is 0.200. The maximum Gasteiger partial charge on any atom is 0.326 e. The molecule has 0 bridgehead atoms. The zero-order valence-corrected chi connectivity index (χ0v) is 8.10. The van der Waals surface area contributed by atoms with Crippen LogP contribution in [-0.4, -0.2) is 23.1 Å². The van der Waals surface area contributed by atoms with Crippen LogP contribution in [0.5, 0.6) is 0 Å². The fourth-order valence-electron chi connectivity index (χ4n) is 1.24. The smallest absolute Gasteiger partial charge is 0.326 e. The van der Waals surface area contributed by atoms with Crippen molar-refractivity contribution in [2.24, 2.45) is 5.73 Å². The van der Waals surface area contributed by atoms with E-state index in [9.17, 15) is 4.79 Å². The molecule has 5 heteroatoms. The Bertz CT molecular complexity index is 351. The van der Waals surface area contributed by atoms with E-state index in [2.05, 4.69) is 5.32 Å². The van der Waals surface area contributed by atoms with Crippen LogP contribution in [0.1, 0.15) is 5.56 Å². The van der Waals surface area contributed by atoms with Crippen molar-refractivity contribution < 1.29 is 9.90 Å². The second-order valence-electron chi connectivity index (χ2n) is 3.14. The van der Waals surface area contributed by atoms with Crippen LogP contribution in [0.25, 0.3) is 0 Å². The minimum absolute atomic E-state index is 0.301. The van der Waals surface area contributed by atoms with Gasteiger partial charge in [-0.2, -0.15) is 0 Å². The molecule has 1 unspecified atom stereocenters. The molecule has 1 aromatic carbocycles. The molecule has 1 aromatic rings. The average molecular weight is 207 g/mol. The lowest BCUT2D eigenvalue weighted by atomic mass is 10.1. The van der Waals surface area contributed by atoms with Crippen molar-refractivity contribution in [2.75, 3.05) is 0 Å². The van der Waals surface area contributed by atoms with Gasteiger partial charge in [0.05, 0.1) is 0 Å². The predicted octanol–water partition coefficient (Wildman–Crippen LogP) is 0.165. The molecule has 0 heterocycles. The van der Waals surface area contributed by atoms with Crippen LogP contribution in [0, 0.1) is 5.41 Å². The van der Waals surface area contributed by atoms with E-state index in [1.54, 1.807) is 0 Å². The molecule has 1 atom stereocenters. The largest absolute Gasteiger partial charge is 0.480 e. The first kappa shape index (κ1) is 11.0. The van der Waals surface area contributed by atoms with Crippen LogP contribution in [0.3, 0.4) is 0 Å². The van der Waals surface area contributed by atoms with E-state index in [1.165, 1.54) is 0 Å². The minimum Gasteiger partial charge on any atom is -0.480 e. The molecule has 0 aliphatic heterocycles. The first-order chi connectivity index (χ1) is 7.09. The molecule has 1 rings (SSSR count). The van der Waals surface area contributed by atoms with Crippen molar-refractivity contribution >= 4 is 11.9 Å². The maximum absolute atomic E-state index is 10.8. The molecule has 5 N–H and O–H groups in total. The predicted molar refractivity (Wildman–Crippen MR) is 56.6 cm³/mol. The lowest BCUT2D eigenvalue weighted by molar-refractivity contribution is -0.139. The molecular weight excluding hydrogens is 194 g/mol. The van der Waals surface area contributed by atoms with E-state index < -0.39 is 12.0 Å².